The van der Waals surface area contributed by atoms with Gasteiger partial charge in [-0.25, -0.2) is 0 Å². The van der Waals surface area contributed by atoms with Crippen molar-refractivity contribution in [1.29, 1.82) is 0 Å². The van der Waals surface area contributed by atoms with Crippen molar-refractivity contribution in [3.8, 4) is 0 Å². The zero-order valence-corrected chi connectivity index (χ0v) is 16.2. The van der Waals surface area contributed by atoms with Gasteiger partial charge in [0.2, 0.25) is 5.91 Å². The number of benzene rings is 2. The number of ketones is 1. The van der Waals surface area contributed by atoms with E-state index < -0.39 is 0 Å². The number of carbonyl (C=O) groups is 2. The molecule has 0 aromatic heterocycles. The molecule has 4 nitrogen and oxygen atoms in total. The maximum Gasteiger partial charge on any atom is 0.222 e. The monoisotopic (exact) mass is 366 g/mol. The van der Waals surface area contributed by atoms with Crippen molar-refractivity contribution in [2.75, 3.05) is 26.2 Å². The number of fused-ring (bicyclic) bond motifs is 1. The molecule has 1 aliphatic heterocycles. The average molecular weight is 367 g/mol. The summed E-state index contributed by atoms with van der Waals surface area (Å²) in [4.78, 5) is 26.4. The lowest BCUT2D eigenvalue weighted by molar-refractivity contribution is -0.132. The molecule has 2 aromatic rings. The van der Waals surface area contributed by atoms with Crippen molar-refractivity contribution in [3.63, 3.8) is 0 Å². The first kappa shape index (κ1) is 19.6. The molecule has 1 aliphatic rings. The van der Waals surface area contributed by atoms with Crippen molar-refractivity contribution in [3.05, 3.63) is 48.0 Å². The number of hydrogen-bond donors (Lipinski definition) is 1. The fourth-order valence-corrected chi connectivity index (χ4v) is 3.77. The van der Waals surface area contributed by atoms with E-state index in [4.69, 9.17) is 0 Å². The largest absolute Gasteiger partial charge is 0.343 e. The number of rotatable bonds is 8. The van der Waals surface area contributed by atoms with E-state index in [0.717, 1.165) is 55.2 Å². The predicted molar refractivity (Wildman–Crippen MR) is 110 cm³/mol. The lowest BCUT2D eigenvalue weighted by atomic mass is 9.96. The van der Waals surface area contributed by atoms with Gasteiger partial charge in [0.25, 0.3) is 0 Å². The molecule has 0 radical (unpaired) electrons. The fraction of sp³-hybridized carbons (Fsp3) is 0.478. The standard InChI is InChI=1S/C23H30N2O2/c1-2-5-23(27)25-14-11-18(12-15-25)17-24-13-10-22(26)21-9-8-19-6-3-4-7-20(19)16-21/h3-4,6-9,16,18,24H,2,5,10-15,17H2,1H3. The van der Waals surface area contributed by atoms with Gasteiger partial charge in [-0.05, 0) is 48.6 Å². The summed E-state index contributed by atoms with van der Waals surface area (Å²) in [6.45, 7) is 5.44. The molecule has 0 unspecified atom stereocenters. The molecule has 1 saturated heterocycles. The van der Waals surface area contributed by atoms with Crippen LogP contribution in [0.5, 0.6) is 0 Å². The Balaban J connectivity index is 1.37. The van der Waals surface area contributed by atoms with Crippen LogP contribution in [0.3, 0.4) is 0 Å². The highest BCUT2D eigenvalue weighted by molar-refractivity contribution is 6.00. The molecule has 1 fully saturated rings. The summed E-state index contributed by atoms with van der Waals surface area (Å²) in [5.74, 6) is 1.09. The lowest BCUT2D eigenvalue weighted by Crippen LogP contribution is -2.40. The molecule has 3 rings (SSSR count). The van der Waals surface area contributed by atoms with Gasteiger partial charge in [-0.2, -0.15) is 0 Å². The first-order chi connectivity index (χ1) is 13.2. The molecule has 4 heteroatoms. The van der Waals surface area contributed by atoms with Gasteiger partial charge in [-0.15, -0.1) is 0 Å². The molecule has 1 heterocycles. The quantitative estimate of drug-likeness (QED) is 0.567. The van der Waals surface area contributed by atoms with Crippen LogP contribution in [0.4, 0.5) is 0 Å². The van der Waals surface area contributed by atoms with Gasteiger partial charge in [0.15, 0.2) is 5.78 Å². The second-order valence-electron chi connectivity index (χ2n) is 7.51. The van der Waals surface area contributed by atoms with Crippen LogP contribution in [0.1, 0.15) is 49.4 Å². The van der Waals surface area contributed by atoms with Crippen LogP contribution in [-0.2, 0) is 4.79 Å². The van der Waals surface area contributed by atoms with Crippen molar-refractivity contribution in [1.82, 2.24) is 10.2 Å². The van der Waals surface area contributed by atoms with Crippen LogP contribution in [-0.4, -0.2) is 42.8 Å². The molecule has 144 valence electrons. The van der Waals surface area contributed by atoms with Gasteiger partial charge in [0.1, 0.15) is 0 Å². The topological polar surface area (TPSA) is 49.4 Å². The Labute approximate surface area is 161 Å². The highest BCUT2D eigenvalue weighted by Crippen LogP contribution is 2.18. The first-order valence-corrected chi connectivity index (χ1v) is 10.2. The van der Waals surface area contributed by atoms with Gasteiger partial charge in [0, 0.05) is 38.0 Å². The third-order valence-corrected chi connectivity index (χ3v) is 5.46. The van der Waals surface area contributed by atoms with Crippen molar-refractivity contribution >= 4 is 22.5 Å². The van der Waals surface area contributed by atoms with Crippen molar-refractivity contribution < 1.29 is 9.59 Å². The van der Waals surface area contributed by atoms with E-state index in [0.29, 0.717) is 31.2 Å². The normalized spacial score (nSPS) is 15.2. The van der Waals surface area contributed by atoms with Crippen LogP contribution in [0.2, 0.25) is 0 Å². The molecule has 1 N–H and O–H groups in total. The zero-order chi connectivity index (χ0) is 19.1. The summed E-state index contributed by atoms with van der Waals surface area (Å²) in [6.07, 6.45) is 4.22. The number of amides is 1. The molecule has 27 heavy (non-hydrogen) atoms. The summed E-state index contributed by atoms with van der Waals surface area (Å²) in [7, 11) is 0. The molecular formula is C23H30N2O2. The summed E-state index contributed by atoms with van der Waals surface area (Å²) < 4.78 is 0. The summed E-state index contributed by atoms with van der Waals surface area (Å²) in [5, 5.41) is 5.71. The van der Waals surface area contributed by atoms with Crippen LogP contribution in [0.25, 0.3) is 10.8 Å². The van der Waals surface area contributed by atoms with Gasteiger partial charge in [-0.3, -0.25) is 9.59 Å². The van der Waals surface area contributed by atoms with Crippen molar-refractivity contribution in [2.45, 2.75) is 39.0 Å². The lowest BCUT2D eigenvalue weighted by Gasteiger charge is -2.32. The summed E-state index contributed by atoms with van der Waals surface area (Å²) >= 11 is 0. The third-order valence-electron chi connectivity index (χ3n) is 5.46. The Morgan fingerprint density at radius 2 is 1.78 bits per heavy atom. The van der Waals surface area contributed by atoms with E-state index in [2.05, 4.69) is 11.4 Å². The number of likely N-dealkylation sites (tertiary alicyclic amines) is 1. The van der Waals surface area contributed by atoms with E-state index in [1.165, 1.54) is 0 Å². The predicted octanol–water partition coefficient (Wildman–Crippen LogP) is 4.04. The van der Waals surface area contributed by atoms with Crippen LogP contribution < -0.4 is 5.32 Å². The summed E-state index contributed by atoms with van der Waals surface area (Å²) in [6, 6.07) is 14.0. The van der Waals surface area contributed by atoms with E-state index in [1.54, 1.807) is 0 Å². The molecule has 0 atom stereocenters. The number of nitrogens with zero attached hydrogens (tertiary/aromatic N) is 1. The Morgan fingerprint density at radius 1 is 1.04 bits per heavy atom. The molecule has 0 spiro atoms. The highest BCUT2D eigenvalue weighted by Gasteiger charge is 2.21. The minimum Gasteiger partial charge on any atom is -0.343 e. The Hall–Kier alpha value is -2.20. The summed E-state index contributed by atoms with van der Waals surface area (Å²) in [5.41, 5.74) is 0.790. The van der Waals surface area contributed by atoms with Crippen molar-refractivity contribution in [2.24, 2.45) is 5.92 Å². The SMILES string of the molecule is CCCC(=O)N1CCC(CNCCC(=O)c2ccc3ccccc3c2)CC1. The maximum absolute atomic E-state index is 12.4. The van der Waals surface area contributed by atoms with Crippen LogP contribution >= 0.6 is 0 Å². The smallest absolute Gasteiger partial charge is 0.222 e. The fourth-order valence-electron chi connectivity index (χ4n) is 3.77. The Bertz CT molecular complexity index is 779. The van der Waals surface area contributed by atoms with Gasteiger partial charge in [0.05, 0.1) is 0 Å². The van der Waals surface area contributed by atoms with Crippen LogP contribution in [0, 0.1) is 5.92 Å². The third kappa shape index (κ3) is 5.39. The first-order valence-electron chi connectivity index (χ1n) is 10.2. The number of hydrogen-bond acceptors (Lipinski definition) is 3. The van der Waals surface area contributed by atoms with Gasteiger partial charge < -0.3 is 10.2 Å². The minimum absolute atomic E-state index is 0.188. The molecule has 2 aromatic carbocycles. The van der Waals surface area contributed by atoms with E-state index >= 15 is 0 Å². The Kier molecular flexibility index (Phi) is 6.99. The van der Waals surface area contributed by atoms with E-state index in [9.17, 15) is 9.59 Å². The molecule has 0 aliphatic carbocycles. The number of piperidine rings is 1. The zero-order valence-electron chi connectivity index (χ0n) is 16.2. The van der Waals surface area contributed by atoms with E-state index in [1.807, 2.05) is 48.2 Å². The molecular weight excluding hydrogens is 336 g/mol. The second kappa shape index (κ2) is 9.65. The number of carbonyl (C=O) groups excluding carboxylic acids is 2. The number of Topliss-reactive ketones (excluding diaryl/α,β-unsaturated/α-hetero) is 1. The average Bonchev–Trinajstić information content (AvgIpc) is 2.71. The maximum atomic E-state index is 12.4. The minimum atomic E-state index is 0.188. The van der Waals surface area contributed by atoms with Gasteiger partial charge >= 0.3 is 0 Å². The van der Waals surface area contributed by atoms with E-state index in [-0.39, 0.29) is 5.78 Å². The molecule has 0 bridgehead atoms. The number of nitrogens with one attached hydrogen (secondary N) is 1. The highest BCUT2D eigenvalue weighted by atomic mass is 16.2. The molecule has 1 amide bonds. The van der Waals surface area contributed by atoms with Gasteiger partial charge in [-0.1, -0.05) is 43.3 Å². The van der Waals surface area contributed by atoms with Crippen LogP contribution in [0.15, 0.2) is 42.5 Å². The second-order valence-corrected chi connectivity index (χ2v) is 7.51. The molecule has 0 saturated carbocycles. The Morgan fingerprint density at radius 3 is 2.52 bits per heavy atom.